The van der Waals surface area contributed by atoms with Gasteiger partial charge in [0.2, 0.25) is 18.0 Å². The number of phenols is 1. The summed E-state index contributed by atoms with van der Waals surface area (Å²) < 4.78 is 12.0. The van der Waals surface area contributed by atoms with Crippen LogP contribution in [0, 0.1) is 0 Å². The number of aliphatic hydroxyl groups is 4. The van der Waals surface area contributed by atoms with Crippen molar-refractivity contribution in [1.29, 1.82) is 0 Å². The molecule has 3 heterocycles. The first-order chi connectivity index (χ1) is 18.4. The molecule has 0 aliphatic carbocycles. The van der Waals surface area contributed by atoms with E-state index < -0.39 is 73.1 Å². The molecule has 1 aromatic rings. The van der Waals surface area contributed by atoms with Gasteiger partial charge in [-0.05, 0) is 17.7 Å². The molecular formula is C24H26N2O13. The van der Waals surface area contributed by atoms with Gasteiger partial charge >= 0.3 is 11.9 Å². The van der Waals surface area contributed by atoms with Crippen molar-refractivity contribution in [2.45, 2.75) is 55.6 Å². The van der Waals surface area contributed by atoms with E-state index >= 15 is 0 Å². The van der Waals surface area contributed by atoms with Gasteiger partial charge in [0.25, 0.3) is 0 Å². The Morgan fingerprint density at radius 3 is 2.46 bits per heavy atom. The molecule has 2 unspecified atom stereocenters. The van der Waals surface area contributed by atoms with E-state index in [1.807, 2.05) is 0 Å². The molecule has 3 aliphatic rings. The van der Waals surface area contributed by atoms with E-state index in [-0.39, 0.29) is 35.5 Å². The lowest BCUT2D eigenvalue weighted by atomic mass is 9.99. The highest BCUT2D eigenvalue weighted by Gasteiger charge is 2.45. The van der Waals surface area contributed by atoms with Crippen LogP contribution < -0.4 is 15.2 Å². The summed E-state index contributed by atoms with van der Waals surface area (Å²) in [5, 5.41) is 82.9. The third-order valence-corrected chi connectivity index (χ3v) is 6.63. The Hall–Kier alpha value is -4.02. The minimum Gasteiger partial charge on any atom is -0.543 e. The Kier molecular flexibility index (Phi) is 7.89. The van der Waals surface area contributed by atoms with Crippen LogP contribution in [-0.2, 0) is 25.5 Å². The highest BCUT2D eigenvalue weighted by molar-refractivity contribution is 5.89. The molecule has 0 radical (unpaired) electrons. The molecule has 15 nitrogen and oxygen atoms in total. The average molecular weight is 550 g/mol. The number of nitrogens with zero attached hydrogens (tertiary/aromatic N) is 1. The summed E-state index contributed by atoms with van der Waals surface area (Å²) in [6, 6.07) is -0.00207. The van der Waals surface area contributed by atoms with Crippen LogP contribution in [-0.4, -0.2) is 114 Å². The van der Waals surface area contributed by atoms with Crippen LogP contribution in [0.25, 0.3) is 0 Å². The van der Waals surface area contributed by atoms with Crippen molar-refractivity contribution in [2.24, 2.45) is 0 Å². The monoisotopic (exact) mass is 550 g/mol. The lowest BCUT2D eigenvalue weighted by molar-refractivity contribution is -0.475. The second-order valence-corrected chi connectivity index (χ2v) is 9.20. The van der Waals surface area contributed by atoms with Gasteiger partial charge in [0.05, 0.1) is 12.7 Å². The minimum atomic E-state index is -1.74. The maximum absolute atomic E-state index is 11.9. The number of ether oxygens (including phenoxy) is 2. The second kappa shape index (κ2) is 11.0. The smallest absolute Gasteiger partial charge is 0.351 e. The molecule has 1 aromatic carbocycles. The van der Waals surface area contributed by atoms with Crippen LogP contribution >= 0.6 is 0 Å². The van der Waals surface area contributed by atoms with Gasteiger partial charge in [-0.2, -0.15) is 4.58 Å². The molecule has 1 saturated heterocycles. The largest absolute Gasteiger partial charge is 0.543 e. The number of carbonyl (C=O) groups excluding carboxylic acids is 1. The van der Waals surface area contributed by atoms with Crippen molar-refractivity contribution >= 4 is 29.8 Å². The van der Waals surface area contributed by atoms with E-state index in [9.17, 15) is 55.2 Å². The maximum Gasteiger partial charge on any atom is 0.351 e. The summed E-state index contributed by atoms with van der Waals surface area (Å²) in [7, 11) is 0. The van der Waals surface area contributed by atoms with Gasteiger partial charge in [0.1, 0.15) is 42.1 Å². The summed E-state index contributed by atoms with van der Waals surface area (Å²) >= 11 is 0. The van der Waals surface area contributed by atoms with Crippen molar-refractivity contribution < 1.29 is 69.3 Å². The summed E-state index contributed by atoms with van der Waals surface area (Å²) in [6.45, 7) is -0.693. The second-order valence-electron chi connectivity index (χ2n) is 9.20. The number of allylic oxidation sites excluding steroid dienone is 2. The zero-order valence-electron chi connectivity index (χ0n) is 20.1. The highest BCUT2D eigenvalue weighted by atomic mass is 16.7. The fraction of sp³-hybridized carbons (Fsp3) is 0.417. The van der Waals surface area contributed by atoms with Crippen LogP contribution in [0.1, 0.15) is 12.0 Å². The molecule has 8 N–H and O–H groups in total. The zero-order chi connectivity index (χ0) is 28.6. The first kappa shape index (κ1) is 28.0. The molecule has 7 atom stereocenters. The van der Waals surface area contributed by atoms with Crippen molar-refractivity contribution in [3.8, 4) is 11.5 Å². The van der Waals surface area contributed by atoms with E-state index in [1.54, 1.807) is 0 Å². The molecule has 0 spiro atoms. The first-order valence-corrected chi connectivity index (χ1v) is 11.7. The van der Waals surface area contributed by atoms with E-state index in [1.165, 1.54) is 35.1 Å². The number of carbonyl (C=O) groups is 3. The van der Waals surface area contributed by atoms with Gasteiger partial charge < -0.3 is 60.4 Å². The number of nitrogens with one attached hydrogen (secondary N) is 1. The van der Waals surface area contributed by atoms with Crippen LogP contribution in [0.15, 0.2) is 35.6 Å². The number of hydrogen-bond acceptors (Lipinski definition) is 12. The molecule has 0 aromatic heterocycles. The molecule has 3 aliphatic heterocycles. The maximum atomic E-state index is 11.9. The normalized spacial score (nSPS) is 32.3. The Labute approximate surface area is 219 Å². The number of phenolic OH excluding ortho intramolecular Hbond substituents is 1. The van der Waals surface area contributed by atoms with Gasteiger partial charge in [-0.25, -0.2) is 9.59 Å². The molecule has 0 amide bonds. The van der Waals surface area contributed by atoms with Crippen molar-refractivity contribution in [3.63, 3.8) is 0 Å². The zero-order valence-corrected chi connectivity index (χ0v) is 20.1. The predicted molar refractivity (Wildman–Crippen MR) is 124 cm³/mol. The number of aromatic hydroxyl groups is 1. The Balaban J connectivity index is 1.66. The molecule has 0 saturated carbocycles. The third kappa shape index (κ3) is 5.57. The summed E-state index contributed by atoms with van der Waals surface area (Å²) in [5.41, 5.74) is 0.535. The van der Waals surface area contributed by atoms with Gasteiger partial charge in [-0.15, -0.1) is 0 Å². The summed E-state index contributed by atoms with van der Waals surface area (Å²) in [5.74, 6) is -4.86. The van der Waals surface area contributed by atoms with E-state index in [2.05, 4.69) is 5.32 Å². The average Bonchev–Trinajstić information content (AvgIpc) is 3.24. The van der Waals surface area contributed by atoms with E-state index in [0.29, 0.717) is 5.56 Å². The van der Waals surface area contributed by atoms with Crippen LogP contribution in [0.3, 0.4) is 0 Å². The number of aliphatic hydroxyl groups excluding tert-OH is 4. The standard InChI is InChI=1S/C24H26N2O13/c27-8-17-18(29)19(30)20(31)24(39-17)38-16-6-10-5-14(23(36)37)26(13(10)7-15(16)28)2-1-9-3-11(21(32)33)25-12(4-9)22(34)35/h1-3,6-7,12,14,17-20,24,27,29-31H,4-5,8H2,(H4,28,32,33,34,35,36,37)/t12-,14-,17?,18-,19-,20?,24+/m1/s1. The number of carboxylic acid groups (broad SMARTS) is 3. The number of rotatable bonds is 7. The van der Waals surface area contributed by atoms with Crippen molar-refractivity contribution in [3.05, 3.63) is 41.1 Å². The first-order valence-electron chi connectivity index (χ1n) is 11.7. The lowest BCUT2D eigenvalue weighted by Gasteiger charge is -2.39. The quantitative estimate of drug-likeness (QED) is 0.152. The van der Waals surface area contributed by atoms with Crippen LogP contribution in [0.4, 0.5) is 5.69 Å². The molecule has 0 bridgehead atoms. The number of hydrogen-bond donors (Lipinski definition) is 8. The number of carboxylic acids is 3. The lowest BCUT2D eigenvalue weighted by Crippen LogP contribution is -2.60. The van der Waals surface area contributed by atoms with Crippen molar-refractivity contribution in [2.75, 3.05) is 6.61 Å². The number of aliphatic carboxylic acids is 3. The fourth-order valence-corrected chi connectivity index (χ4v) is 4.57. The van der Waals surface area contributed by atoms with Crippen molar-refractivity contribution in [1.82, 2.24) is 5.32 Å². The summed E-state index contributed by atoms with van der Waals surface area (Å²) in [4.78, 5) is 34.7. The van der Waals surface area contributed by atoms with Crippen LogP contribution in [0.5, 0.6) is 11.5 Å². The molecule has 1 fully saturated rings. The van der Waals surface area contributed by atoms with Gasteiger partial charge in [0, 0.05) is 24.5 Å². The SMILES string of the molecule is O=C(O)C1=C/C(=C/C=[N+]2/c3cc(O)c(O[C@H]4OC(CO)[C@@H](O)[C@@H](O)C4O)cc3C[C@@H]2C(=O)[O-])C[C@H](C(=O)O)N1. The van der Waals surface area contributed by atoms with E-state index in [4.69, 9.17) is 9.47 Å². The van der Waals surface area contributed by atoms with Gasteiger partial charge in [0.15, 0.2) is 17.7 Å². The third-order valence-electron chi connectivity index (χ3n) is 6.63. The van der Waals surface area contributed by atoms with E-state index in [0.717, 1.165) is 0 Å². The summed E-state index contributed by atoms with van der Waals surface area (Å²) in [6.07, 6.45) is -4.24. The predicted octanol–water partition coefficient (Wildman–Crippen LogP) is -3.70. The highest BCUT2D eigenvalue weighted by Crippen LogP contribution is 2.40. The molecule has 4 rings (SSSR count). The topological polar surface area (TPSA) is 249 Å². The van der Waals surface area contributed by atoms with Gasteiger partial charge in [-0.3, -0.25) is 0 Å². The molecule has 210 valence electrons. The Bertz CT molecular complexity index is 1270. The fourth-order valence-electron chi connectivity index (χ4n) is 4.57. The Morgan fingerprint density at radius 1 is 1.13 bits per heavy atom. The number of fused-ring (bicyclic) bond motifs is 1. The minimum absolute atomic E-state index is 0.0869. The van der Waals surface area contributed by atoms with Gasteiger partial charge in [-0.1, -0.05) is 0 Å². The molecule has 39 heavy (non-hydrogen) atoms. The van der Waals surface area contributed by atoms with Crippen LogP contribution in [0.2, 0.25) is 0 Å². The number of benzene rings is 1. The molecule has 15 heteroatoms. The molecular weight excluding hydrogens is 524 g/mol. The Morgan fingerprint density at radius 2 is 1.85 bits per heavy atom.